The molecular formula is C45H35N5. The predicted molar refractivity (Wildman–Crippen MR) is 207 cm³/mol. The van der Waals surface area contributed by atoms with E-state index in [0.29, 0.717) is 0 Å². The third kappa shape index (κ3) is 5.50. The van der Waals surface area contributed by atoms with Gasteiger partial charge in [-0.05, 0) is 71.3 Å². The lowest BCUT2D eigenvalue weighted by molar-refractivity contribution is 0.341. The molecule has 8 aromatic rings. The Labute approximate surface area is 291 Å². The number of fused-ring (bicyclic) bond motifs is 3. The Hall–Kier alpha value is -6.43. The number of aromatic nitrogens is 1. The van der Waals surface area contributed by atoms with Gasteiger partial charge in [-0.25, -0.2) is 4.99 Å². The number of nitrogens with zero attached hydrogens (tertiary/aromatic N) is 3. The zero-order valence-electron chi connectivity index (χ0n) is 27.4. The molecule has 1 aliphatic heterocycles. The van der Waals surface area contributed by atoms with Crippen molar-refractivity contribution in [2.75, 3.05) is 4.90 Å². The molecule has 0 bridgehead atoms. The molecule has 50 heavy (non-hydrogen) atoms. The molecule has 1 aliphatic rings. The van der Waals surface area contributed by atoms with Crippen molar-refractivity contribution in [3.05, 3.63) is 199 Å². The van der Waals surface area contributed by atoms with Crippen LogP contribution in [0.25, 0.3) is 32.9 Å². The largest absolute Gasteiger partial charge is 0.350 e. The Morgan fingerprint density at radius 2 is 0.980 bits per heavy atom. The van der Waals surface area contributed by atoms with E-state index in [2.05, 4.69) is 202 Å². The van der Waals surface area contributed by atoms with Gasteiger partial charge in [-0.1, -0.05) is 133 Å². The average Bonchev–Trinajstić information content (AvgIpc) is 3.54. The van der Waals surface area contributed by atoms with E-state index in [9.17, 15) is 0 Å². The van der Waals surface area contributed by atoms with E-state index in [1.807, 2.05) is 6.07 Å². The maximum absolute atomic E-state index is 5.28. The molecule has 0 amide bonds. The number of nitrogens with one attached hydrogen (secondary N) is 2. The van der Waals surface area contributed by atoms with Crippen LogP contribution in [0.2, 0.25) is 0 Å². The van der Waals surface area contributed by atoms with E-state index in [0.717, 1.165) is 56.2 Å². The summed E-state index contributed by atoms with van der Waals surface area (Å²) in [6, 6.07) is 66.2. The van der Waals surface area contributed by atoms with Gasteiger partial charge in [0.1, 0.15) is 12.0 Å². The first-order valence-corrected chi connectivity index (χ1v) is 17.0. The van der Waals surface area contributed by atoms with Gasteiger partial charge in [-0.15, -0.1) is 0 Å². The van der Waals surface area contributed by atoms with E-state index < -0.39 is 0 Å². The van der Waals surface area contributed by atoms with Crippen LogP contribution in [0.3, 0.4) is 0 Å². The van der Waals surface area contributed by atoms with Gasteiger partial charge < -0.3 is 14.8 Å². The fourth-order valence-electron chi connectivity index (χ4n) is 7.11. The maximum atomic E-state index is 5.28. The lowest BCUT2D eigenvalue weighted by Gasteiger charge is -2.33. The standard InChI is InChI=1S/C45H35N5/c1-4-15-33(16-5-1)43-46-44(48-45(47-43)50-41-25-12-10-23-39(41)40-24-11-13-26-42(40)50)35-18-14-17-34(31-35)32-27-29-38(30-28-32)49(36-19-6-2-7-20-36)37-21-8-3-9-22-37/h1-31,44-45,48H,(H,46,47). The summed E-state index contributed by atoms with van der Waals surface area (Å²) in [7, 11) is 0. The molecule has 240 valence electrons. The summed E-state index contributed by atoms with van der Waals surface area (Å²) in [6.45, 7) is 0. The van der Waals surface area contributed by atoms with Crippen molar-refractivity contribution in [1.29, 1.82) is 0 Å². The Kier molecular flexibility index (Phi) is 7.65. The molecule has 0 aliphatic carbocycles. The van der Waals surface area contributed by atoms with Gasteiger partial charge in [-0.2, -0.15) is 0 Å². The molecule has 1 aromatic heterocycles. The van der Waals surface area contributed by atoms with Gasteiger partial charge in [0.05, 0.1) is 11.0 Å². The van der Waals surface area contributed by atoms with Gasteiger partial charge in [0, 0.05) is 33.4 Å². The van der Waals surface area contributed by atoms with Gasteiger partial charge in [-0.3, -0.25) is 5.32 Å². The molecule has 2 heterocycles. The zero-order chi connectivity index (χ0) is 33.3. The zero-order valence-corrected chi connectivity index (χ0v) is 27.4. The smallest absolute Gasteiger partial charge is 0.184 e. The summed E-state index contributed by atoms with van der Waals surface area (Å²) < 4.78 is 2.33. The van der Waals surface area contributed by atoms with Crippen molar-refractivity contribution in [3.63, 3.8) is 0 Å². The first-order valence-electron chi connectivity index (χ1n) is 17.0. The normalized spacial score (nSPS) is 15.8. The number of anilines is 3. The molecule has 0 saturated carbocycles. The highest BCUT2D eigenvalue weighted by Crippen LogP contribution is 2.37. The van der Waals surface area contributed by atoms with E-state index >= 15 is 0 Å². The lowest BCUT2D eigenvalue weighted by atomic mass is 10.0. The minimum Gasteiger partial charge on any atom is -0.350 e. The van der Waals surface area contributed by atoms with Crippen LogP contribution in [0.5, 0.6) is 0 Å². The fourth-order valence-corrected chi connectivity index (χ4v) is 7.11. The highest BCUT2D eigenvalue weighted by Gasteiger charge is 2.28. The molecule has 9 rings (SSSR count). The predicted octanol–water partition coefficient (Wildman–Crippen LogP) is 10.7. The average molecular weight is 646 g/mol. The summed E-state index contributed by atoms with van der Waals surface area (Å²) in [5.41, 5.74) is 10.1. The van der Waals surface area contributed by atoms with Crippen molar-refractivity contribution >= 4 is 44.7 Å². The highest BCUT2D eigenvalue weighted by molar-refractivity contribution is 6.08. The van der Waals surface area contributed by atoms with E-state index in [1.165, 1.54) is 10.8 Å². The first kappa shape index (κ1) is 29.7. The van der Waals surface area contributed by atoms with E-state index in [-0.39, 0.29) is 12.5 Å². The van der Waals surface area contributed by atoms with Crippen LogP contribution in [0.15, 0.2) is 193 Å². The topological polar surface area (TPSA) is 44.6 Å². The maximum Gasteiger partial charge on any atom is 0.184 e. The third-order valence-corrected chi connectivity index (χ3v) is 9.46. The summed E-state index contributed by atoms with van der Waals surface area (Å²) in [5.74, 6) is 0.859. The molecule has 0 radical (unpaired) electrons. The van der Waals surface area contributed by atoms with Gasteiger partial charge in [0.15, 0.2) is 6.29 Å². The molecule has 2 N–H and O–H groups in total. The number of benzene rings is 7. The molecule has 0 spiro atoms. The Morgan fingerprint density at radius 3 is 1.60 bits per heavy atom. The first-order chi connectivity index (χ1) is 24.8. The summed E-state index contributed by atoms with van der Waals surface area (Å²) >= 11 is 0. The monoisotopic (exact) mass is 645 g/mol. The summed E-state index contributed by atoms with van der Waals surface area (Å²) in [6.07, 6.45) is -0.510. The van der Waals surface area contributed by atoms with Crippen molar-refractivity contribution < 1.29 is 0 Å². The van der Waals surface area contributed by atoms with Gasteiger partial charge in [0.25, 0.3) is 0 Å². The minimum absolute atomic E-state index is 0.182. The quantitative estimate of drug-likeness (QED) is 0.181. The lowest BCUT2D eigenvalue weighted by Crippen LogP contribution is -2.46. The molecule has 5 nitrogen and oxygen atoms in total. The molecule has 2 unspecified atom stereocenters. The van der Waals surface area contributed by atoms with Crippen LogP contribution in [0.4, 0.5) is 17.1 Å². The van der Waals surface area contributed by atoms with Crippen molar-refractivity contribution in [2.45, 2.75) is 12.5 Å². The number of hydrogen-bond acceptors (Lipinski definition) is 4. The van der Waals surface area contributed by atoms with Gasteiger partial charge in [0.2, 0.25) is 0 Å². The molecular weight excluding hydrogens is 611 g/mol. The Bertz CT molecular complexity index is 2340. The number of hydrogen-bond donors (Lipinski definition) is 2. The van der Waals surface area contributed by atoms with Crippen LogP contribution in [-0.4, -0.2) is 10.4 Å². The van der Waals surface area contributed by atoms with Crippen LogP contribution in [0.1, 0.15) is 23.6 Å². The van der Waals surface area contributed by atoms with Crippen molar-refractivity contribution in [2.24, 2.45) is 4.99 Å². The summed E-state index contributed by atoms with van der Waals surface area (Å²) in [4.78, 5) is 7.57. The number of amidine groups is 1. The van der Waals surface area contributed by atoms with E-state index in [1.54, 1.807) is 0 Å². The van der Waals surface area contributed by atoms with Crippen LogP contribution >= 0.6 is 0 Å². The van der Waals surface area contributed by atoms with Crippen LogP contribution in [0, 0.1) is 0 Å². The molecule has 5 heteroatoms. The molecule has 0 saturated heterocycles. The number of para-hydroxylation sites is 4. The number of aliphatic imine (C=N–C) groups is 1. The molecule has 2 atom stereocenters. The van der Waals surface area contributed by atoms with Crippen molar-refractivity contribution in [3.8, 4) is 11.1 Å². The van der Waals surface area contributed by atoms with Crippen molar-refractivity contribution in [1.82, 2.24) is 15.2 Å². The second-order valence-corrected chi connectivity index (χ2v) is 12.5. The van der Waals surface area contributed by atoms with Gasteiger partial charge >= 0.3 is 0 Å². The molecule has 0 fully saturated rings. The number of rotatable bonds is 7. The highest BCUT2D eigenvalue weighted by atomic mass is 15.4. The van der Waals surface area contributed by atoms with Crippen LogP contribution < -0.4 is 15.5 Å². The second kappa shape index (κ2) is 12.9. The SMILES string of the molecule is c1ccc(C2=NC(n3c4ccccc4c4ccccc43)NC(c3cccc(-c4ccc(N(c5ccccc5)c5ccccc5)cc4)c3)N2)cc1. The molecule has 7 aromatic carbocycles. The third-order valence-electron chi connectivity index (χ3n) is 9.46. The van der Waals surface area contributed by atoms with Crippen LogP contribution in [-0.2, 0) is 0 Å². The second-order valence-electron chi connectivity index (χ2n) is 12.5. The summed E-state index contributed by atoms with van der Waals surface area (Å²) in [5, 5.41) is 10.0. The Morgan fingerprint density at radius 1 is 0.460 bits per heavy atom. The minimum atomic E-state index is -0.328. The van der Waals surface area contributed by atoms with E-state index in [4.69, 9.17) is 4.99 Å². The Balaban J connectivity index is 1.08. The fraction of sp³-hybridized carbons (Fsp3) is 0.0444.